The van der Waals surface area contributed by atoms with Gasteiger partial charge in [0.05, 0.1) is 26.9 Å². The number of rotatable bonds is 7. The predicted molar refractivity (Wildman–Crippen MR) is 150 cm³/mol. The molecule has 7 heteroatoms. The number of aromatic amines is 2. The Balaban J connectivity index is 1.11. The van der Waals surface area contributed by atoms with E-state index < -0.39 is 9.84 Å². The zero-order valence-corrected chi connectivity index (χ0v) is 22.0. The van der Waals surface area contributed by atoms with E-state index in [1.165, 1.54) is 11.1 Å². The maximum Gasteiger partial charge on any atom is 0.208 e. The zero-order chi connectivity index (χ0) is 26.1. The quantitative estimate of drug-likeness (QED) is 0.267. The number of piperidine rings is 1. The predicted octanol–water partition coefficient (Wildman–Crippen LogP) is 6.17. The highest BCUT2D eigenvalue weighted by atomic mass is 32.2. The van der Waals surface area contributed by atoms with Crippen molar-refractivity contribution in [2.24, 2.45) is 0 Å². The van der Waals surface area contributed by atoms with Crippen LogP contribution in [0.15, 0.2) is 88.9 Å². The van der Waals surface area contributed by atoms with E-state index in [1.807, 2.05) is 36.4 Å². The van der Waals surface area contributed by atoms with Gasteiger partial charge in [0.25, 0.3) is 0 Å². The number of H-pyrrole nitrogens is 2. The lowest BCUT2D eigenvalue weighted by molar-refractivity contribution is 0.211. The van der Waals surface area contributed by atoms with Crippen molar-refractivity contribution in [2.45, 2.75) is 41.4 Å². The number of nitriles is 1. The van der Waals surface area contributed by atoms with Crippen LogP contribution in [0.1, 0.15) is 41.9 Å². The third-order valence-corrected chi connectivity index (χ3v) is 9.71. The van der Waals surface area contributed by atoms with Crippen LogP contribution in [0.2, 0.25) is 0 Å². The second kappa shape index (κ2) is 10.1. The van der Waals surface area contributed by atoms with Gasteiger partial charge in [-0.05, 0) is 92.7 Å². The minimum Gasteiger partial charge on any atom is -0.361 e. The van der Waals surface area contributed by atoms with Gasteiger partial charge < -0.3 is 14.9 Å². The van der Waals surface area contributed by atoms with Crippen molar-refractivity contribution in [1.29, 1.82) is 5.26 Å². The normalized spacial score (nSPS) is 15.2. The van der Waals surface area contributed by atoms with Crippen LogP contribution in [0.4, 0.5) is 0 Å². The minimum absolute atomic E-state index is 0.317. The summed E-state index contributed by atoms with van der Waals surface area (Å²) >= 11 is 0. The van der Waals surface area contributed by atoms with Gasteiger partial charge in [0.2, 0.25) is 9.84 Å². The number of hydrogen-bond acceptors (Lipinski definition) is 4. The van der Waals surface area contributed by atoms with E-state index in [1.54, 1.807) is 30.5 Å². The van der Waals surface area contributed by atoms with Crippen molar-refractivity contribution in [3.05, 3.63) is 95.8 Å². The van der Waals surface area contributed by atoms with Crippen molar-refractivity contribution >= 4 is 31.6 Å². The number of benzene rings is 3. The van der Waals surface area contributed by atoms with Crippen molar-refractivity contribution in [3.8, 4) is 6.07 Å². The van der Waals surface area contributed by atoms with Gasteiger partial charge in [-0.3, -0.25) is 0 Å². The van der Waals surface area contributed by atoms with Gasteiger partial charge in [0.1, 0.15) is 0 Å². The number of aryl methyl sites for hydroxylation is 1. The van der Waals surface area contributed by atoms with Crippen LogP contribution in [-0.2, 0) is 16.3 Å². The lowest BCUT2D eigenvalue weighted by atomic mass is 9.88. The van der Waals surface area contributed by atoms with Gasteiger partial charge in [0, 0.05) is 28.7 Å². The van der Waals surface area contributed by atoms with Gasteiger partial charge in [-0.1, -0.05) is 36.4 Å². The van der Waals surface area contributed by atoms with Crippen molar-refractivity contribution < 1.29 is 8.42 Å². The van der Waals surface area contributed by atoms with Gasteiger partial charge in [-0.15, -0.1) is 0 Å². The molecule has 1 aliphatic heterocycles. The lowest BCUT2D eigenvalue weighted by Crippen LogP contribution is -2.33. The number of nitrogens with zero attached hydrogens (tertiary/aromatic N) is 2. The Hall–Kier alpha value is -3.86. The van der Waals surface area contributed by atoms with Gasteiger partial charge >= 0.3 is 0 Å². The van der Waals surface area contributed by atoms with Crippen LogP contribution < -0.4 is 0 Å². The Morgan fingerprint density at radius 2 is 1.74 bits per heavy atom. The first-order valence-corrected chi connectivity index (χ1v) is 14.7. The van der Waals surface area contributed by atoms with Crippen molar-refractivity contribution in [2.75, 3.05) is 19.6 Å². The molecule has 0 unspecified atom stereocenters. The number of hydrogen-bond donors (Lipinski definition) is 2. The molecule has 192 valence electrons. The first-order valence-electron chi connectivity index (χ1n) is 13.2. The molecule has 5 aromatic rings. The number of nitrogens with one attached hydrogen (secondary N) is 2. The Labute approximate surface area is 222 Å². The number of para-hydroxylation sites is 1. The van der Waals surface area contributed by atoms with E-state index in [4.69, 9.17) is 0 Å². The minimum atomic E-state index is -3.58. The third kappa shape index (κ3) is 4.51. The van der Waals surface area contributed by atoms with E-state index in [-0.39, 0.29) is 0 Å². The number of fused-ring (bicyclic) bond motifs is 2. The molecule has 0 saturated carbocycles. The molecule has 3 aromatic carbocycles. The molecule has 2 N–H and O–H groups in total. The molecule has 0 radical (unpaired) electrons. The summed E-state index contributed by atoms with van der Waals surface area (Å²) in [5.74, 6) is 0.402. The fourth-order valence-corrected chi connectivity index (χ4v) is 7.30. The van der Waals surface area contributed by atoms with E-state index in [2.05, 4.69) is 33.2 Å². The maximum absolute atomic E-state index is 13.3. The van der Waals surface area contributed by atoms with Gasteiger partial charge in [-0.2, -0.15) is 5.26 Å². The molecule has 6 rings (SSSR count). The molecule has 0 aliphatic carbocycles. The first-order chi connectivity index (χ1) is 18.5. The highest BCUT2D eigenvalue weighted by Gasteiger charge is 2.26. The molecule has 6 nitrogen and oxygen atoms in total. The number of aromatic nitrogens is 2. The summed E-state index contributed by atoms with van der Waals surface area (Å²) in [5.41, 5.74) is 5.20. The fourth-order valence-electron chi connectivity index (χ4n) is 5.86. The fraction of sp³-hybridized carbons (Fsp3) is 0.258. The van der Waals surface area contributed by atoms with Crippen molar-refractivity contribution in [1.82, 2.24) is 14.9 Å². The van der Waals surface area contributed by atoms with Crippen LogP contribution in [-0.4, -0.2) is 42.9 Å². The largest absolute Gasteiger partial charge is 0.361 e. The Morgan fingerprint density at radius 1 is 0.921 bits per heavy atom. The van der Waals surface area contributed by atoms with E-state index in [0.717, 1.165) is 67.1 Å². The van der Waals surface area contributed by atoms with Crippen LogP contribution in [0.3, 0.4) is 0 Å². The highest BCUT2D eigenvalue weighted by molar-refractivity contribution is 7.91. The molecule has 38 heavy (non-hydrogen) atoms. The van der Waals surface area contributed by atoms with Crippen molar-refractivity contribution in [3.63, 3.8) is 0 Å². The van der Waals surface area contributed by atoms with Gasteiger partial charge in [-0.25, -0.2) is 8.42 Å². The average Bonchev–Trinajstić information content (AvgIpc) is 3.58. The molecule has 1 saturated heterocycles. The maximum atomic E-state index is 13.3. The number of likely N-dealkylation sites (tertiary alicyclic amines) is 1. The lowest BCUT2D eigenvalue weighted by Gasteiger charge is -2.32. The SMILES string of the molecule is N#Cc1ccc2[nH]cc(CCCN3CCC(c4cccc5c(S(=O)(=O)c6ccccc6)c[nH]c45)CC3)c2c1. The first kappa shape index (κ1) is 24.5. The monoisotopic (exact) mass is 522 g/mol. The Morgan fingerprint density at radius 3 is 2.53 bits per heavy atom. The molecule has 3 heterocycles. The number of sulfone groups is 1. The second-order valence-corrected chi connectivity index (χ2v) is 12.1. The zero-order valence-electron chi connectivity index (χ0n) is 21.2. The molecule has 0 atom stereocenters. The summed E-state index contributed by atoms with van der Waals surface area (Å²) in [5, 5.41) is 11.1. The van der Waals surface area contributed by atoms with E-state index in [0.29, 0.717) is 21.3 Å². The topological polar surface area (TPSA) is 92.8 Å². The summed E-state index contributed by atoms with van der Waals surface area (Å²) in [7, 11) is -3.58. The molecule has 1 aliphatic rings. The van der Waals surface area contributed by atoms with Crippen LogP contribution in [0.25, 0.3) is 21.8 Å². The summed E-state index contributed by atoms with van der Waals surface area (Å²) in [6.45, 7) is 3.11. The summed E-state index contributed by atoms with van der Waals surface area (Å²) < 4.78 is 26.6. The molecule has 0 spiro atoms. The van der Waals surface area contributed by atoms with Crippen LogP contribution in [0, 0.1) is 11.3 Å². The standard InChI is InChI=1S/C31H30N4O2S/c32-19-22-11-12-29-28(18-22)24(20-33-29)6-5-15-35-16-13-23(14-17-35)26-9-4-10-27-30(21-34-31(26)27)38(36,37)25-7-2-1-3-8-25/h1-4,7-12,18,20-21,23,33-34H,5-6,13-17H2. The summed E-state index contributed by atoms with van der Waals surface area (Å²) in [6.07, 6.45) is 7.88. The average molecular weight is 523 g/mol. The Bertz CT molecular complexity index is 1740. The van der Waals surface area contributed by atoms with E-state index in [9.17, 15) is 13.7 Å². The summed E-state index contributed by atoms with van der Waals surface area (Å²) in [6, 6.07) is 22.7. The molecule has 2 aromatic heterocycles. The highest BCUT2D eigenvalue weighted by Crippen LogP contribution is 2.36. The molecular formula is C31H30N4O2S. The molecule has 1 fully saturated rings. The van der Waals surface area contributed by atoms with Gasteiger partial charge in [0.15, 0.2) is 0 Å². The second-order valence-electron chi connectivity index (χ2n) is 10.1. The Kier molecular flexibility index (Phi) is 6.52. The van der Waals surface area contributed by atoms with Crippen LogP contribution in [0.5, 0.6) is 0 Å². The molecule has 0 amide bonds. The smallest absolute Gasteiger partial charge is 0.208 e. The summed E-state index contributed by atoms with van der Waals surface area (Å²) in [4.78, 5) is 9.82. The van der Waals surface area contributed by atoms with E-state index >= 15 is 0 Å². The third-order valence-electron chi connectivity index (χ3n) is 7.90. The molecule has 0 bridgehead atoms. The van der Waals surface area contributed by atoms with Crippen LogP contribution >= 0.6 is 0 Å². The molecular weight excluding hydrogens is 492 g/mol.